The number of nitrogens with zero attached hydrogens (tertiary/aromatic N) is 1. The Hall–Kier alpha value is -4.25. The van der Waals surface area contributed by atoms with Crippen molar-refractivity contribution in [1.82, 2.24) is 5.43 Å². The summed E-state index contributed by atoms with van der Waals surface area (Å²) in [5.41, 5.74) is 4.77. The van der Waals surface area contributed by atoms with Gasteiger partial charge < -0.3 is 4.74 Å². The fourth-order valence-electron chi connectivity index (χ4n) is 3.20. The Morgan fingerprint density at radius 3 is 2.32 bits per heavy atom. The van der Waals surface area contributed by atoms with Crippen molar-refractivity contribution in [3.8, 4) is 5.75 Å². The Balaban J connectivity index is 1.32. The first-order chi connectivity index (χ1) is 15.2. The summed E-state index contributed by atoms with van der Waals surface area (Å²) in [6.07, 6.45) is 1.79. The van der Waals surface area contributed by atoms with Crippen LogP contribution >= 0.6 is 0 Å². The molecule has 152 valence electrons. The van der Waals surface area contributed by atoms with E-state index in [1.165, 1.54) is 0 Å². The van der Waals surface area contributed by atoms with Gasteiger partial charge in [-0.2, -0.15) is 5.10 Å². The number of nitrogens with one attached hydrogen (secondary N) is 1. The van der Waals surface area contributed by atoms with Gasteiger partial charge in [0.15, 0.2) is 0 Å². The number of benzene rings is 4. The highest BCUT2D eigenvalue weighted by atomic mass is 16.5. The molecule has 0 atom stereocenters. The predicted octanol–water partition coefficient (Wildman–Crippen LogP) is 4.75. The topological polar surface area (TPSA) is 67.8 Å². The highest BCUT2D eigenvalue weighted by Crippen LogP contribution is 2.19. The molecule has 4 aromatic carbocycles. The molecule has 0 aliphatic heterocycles. The van der Waals surface area contributed by atoms with Crippen LogP contribution < -0.4 is 10.2 Å². The molecular formula is C26H20N2O3. The van der Waals surface area contributed by atoms with Gasteiger partial charge >= 0.3 is 5.97 Å². The van der Waals surface area contributed by atoms with E-state index in [-0.39, 0.29) is 12.3 Å². The second-order valence-electron chi connectivity index (χ2n) is 6.93. The average molecular weight is 408 g/mol. The van der Waals surface area contributed by atoms with Crippen molar-refractivity contribution in [3.63, 3.8) is 0 Å². The number of hydrogen-bond donors (Lipinski definition) is 1. The summed E-state index contributed by atoms with van der Waals surface area (Å²) in [7, 11) is 0. The molecule has 0 saturated carbocycles. The molecule has 0 aromatic heterocycles. The van der Waals surface area contributed by atoms with Gasteiger partial charge in [-0.05, 0) is 58.3 Å². The van der Waals surface area contributed by atoms with Gasteiger partial charge in [-0.25, -0.2) is 10.2 Å². The van der Waals surface area contributed by atoms with Gasteiger partial charge in [-0.3, -0.25) is 4.79 Å². The number of carbonyl (C=O) groups excluding carboxylic acids is 2. The molecule has 0 unspecified atom stereocenters. The van der Waals surface area contributed by atoms with Gasteiger partial charge in [0.25, 0.3) is 0 Å². The zero-order chi connectivity index (χ0) is 21.5. The lowest BCUT2D eigenvalue weighted by Crippen LogP contribution is -2.19. The summed E-state index contributed by atoms with van der Waals surface area (Å²) in [4.78, 5) is 24.4. The van der Waals surface area contributed by atoms with E-state index in [0.29, 0.717) is 11.3 Å². The molecule has 1 N–H and O–H groups in total. The van der Waals surface area contributed by atoms with Crippen LogP contribution in [0.4, 0.5) is 0 Å². The Morgan fingerprint density at radius 2 is 1.52 bits per heavy atom. The van der Waals surface area contributed by atoms with Crippen LogP contribution in [0.2, 0.25) is 0 Å². The van der Waals surface area contributed by atoms with Crippen molar-refractivity contribution in [2.75, 3.05) is 0 Å². The van der Waals surface area contributed by atoms with Gasteiger partial charge in [0.1, 0.15) is 5.75 Å². The molecular weight excluding hydrogens is 388 g/mol. The van der Waals surface area contributed by atoms with Crippen molar-refractivity contribution in [1.29, 1.82) is 0 Å². The van der Waals surface area contributed by atoms with Crippen LogP contribution in [0.1, 0.15) is 21.5 Å². The van der Waals surface area contributed by atoms with Gasteiger partial charge in [0.2, 0.25) is 5.91 Å². The number of fused-ring (bicyclic) bond motifs is 1. The van der Waals surface area contributed by atoms with E-state index < -0.39 is 5.97 Å². The fraction of sp³-hybridized carbons (Fsp3) is 0.0385. The molecule has 31 heavy (non-hydrogen) atoms. The minimum absolute atomic E-state index is 0.194. The highest BCUT2D eigenvalue weighted by Gasteiger charge is 2.08. The SMILES string of the molecule is O=C(Cc1cccc2ccccc12)N/N=C\c1ccc(OC(=O)c2ccccc2)cc1. The van der Waals surface area contributed by atoms with Crippen LogP contribution in [0.3, 0.4) is 0 Å². The minimum atomic E-state index is -0.414. The molecule has 0 aliphatic rings. The number of rotatable bonds is 6. The van der Waals surface area contributed by atoms with Crippen molar-refractivity contribution < 1.29 is 14.3 Å². The zero-order valence-electron chi connectivity index (χ0n) is 16.7. The summed E-state index contributed by atoms with van der Waals surface area (Å²) in [5, 5.41) is 6.18. The Kier molecular flexibility index (Phi) is 6.14. The number of ether oxygens (including phenoxy) is 1. The second-order valence-corrected chi connectivity index (χ2v) is 6.93. The van der Waals surface area contributed by atoms with Crippen molar-refractivity contribution in [3.05, 3.63) is 114 Å². The molecule has 4 rings (SSSR count). The van der Waals surface area contributed by atoms with Crippen molar-refractivity contribution in [2.45, 2.75) is 6.42 Å². The molecule has 0 radical (unpaired) electrons. The third-order valence-electron chi connectivity index (χ3n) is 4.73. The predicted molar refractivity (Wildman–Crippen MR) is 121 cm³/mol. The standard InChI is InChI=1S/C26H20N2O3/c29-25(17-22-11-6-10-20-7-4-5-12-24(20)22)28-27-18-19-13-15-23(16-14-19)31-26(30)21-8-2-1-3-9-21/h1-16,18H,17H2,(H,28,29)/b27-18-. The van der Waals surface area contributed by atoms with Gasteiger partial charge in [0.05, 0.1) is 18.2 Å². The first kappa shape index (κ1) is 20.0. The summed E-state index contributed by atoms with van der Waals surface area (Å²) in [6.45, 7) is 0. The van der Waals surface area contributed by atoms with E-state index in [4.69, 9.17) is 4.74 Å². The number of carbonyl (C=O) groups is 2. The lowest BCUT2D eigenvalue weighted by Gasteiger charge is -2.06. The Bertz CT molecular complexity index is 1230. The number of hydrazone groups is 1. The monoisotopic (exact) mass is 408 g/mol. The van der Waals surface area contributed by atoms with Crippen LogP contribution in [0, 0.1) is 0 Å². The maximum Gasteiger partial charge on any atom is 0.343 e. The first-order valence-corrected chi connectivity index (χ1v) is 9.85. The molecule has 5 heteroatoms. The smallest absolute Gasteiger partial charge is 0.343 e. The average Bonchev–Trinajstić information content (AvgIpc) is 2.81. The van der Waals surface area contributed by atoms with Crippen molar-refractivity contribution in [2.24, 2.45) is 5.10 Å². The third-order valence-corrected chi connectivity index (χ3v) is 4.73. The highest BCUT2D eigenvalue weighted by molar-refractivity contribution is 5.92. The number of hydrogen-bond acceptors (Lipinski definition) is 4. The molecule has 0 aliphatic carbocycles. The Labute approximate surface area is 180 Å². The molecule has 0 spiro atoms. The third kappa shape index (κ3) is 5.22. The molecule has 5 nitrogen and oxygen atoms in total. The molecule has 1 amide bonds. The summed E-state index contributed by atoms with van der Waals surface area (Å²) < 4.78 is 5.35. The van der Waals surface area contributed by atoms with Gasteiger partial charge in [0, 0.05) is 0 Å². The first-order valence-electron chi connectivity index (χ1n) is 9.85. The summed E-state index contributed by atoms with van der Waals surface area (Å²) >= 11 is 0. The van der Waals surface area contributed by atoms with Gasteiger partial charge in [-0.15, -0.1) is 0 Å². The quantitative estimate of drug-likeness (QED) is 0.217. The lowest BCUT2D eigenvalue weighted by atomic mass is 10.0. The second kappa shape index (κ2) is 9.50. The fourth-order valence-corrected chi connectivity index (χ4v) is 3.20. The normalized spacial score (nSPS) is 10.8. The maximum atomic E-state index is 12.3. The van der Waals surface area contributed by atoms with E-state index >= 15 is 0 Å². The van der Waals surface area contributed by atoms with Crippen LogP contribution in [0.5, 0.6) is 5.75 Å². The maximum absolute atomic E-state index is 12.3. The van der Waals surface area contributed by atoms with E-state index in [0.717, 1.165) is 21.9 Å². The van der Waals surface area contributed by atoms with E-state index in [2.05, 4.69) is 10.5 Å². The molecule has 0 fully saturated rings. The van der Waals surface area contributed by atoms with Crippen molar-refractivity contribution >= 4 is 28.9 Å². The molecule has 0 saturated heterocycles. The van der Waals surface area contributed by atoms with E-state index in [1.54, 1.807) is 54.7 Å². The van der Waals surface area contributed by atoms with Gasteiger partial charge in [-0.1, -0.05) is 60.7 Å². The van der Waals surface area contributed by atoms with Crippen LogP contribution in [0.15, 0.2) is 102 Å². The minimum Gasteiger partial charge on any atom is -0.423 e. The largest absolute Gasteiger partial charge is 0.423 e. The zero-order valence-corrected chi connectivity index (χ0v) is 16.7. The summed E-state index contributed by atoms with van der Waals surface area (Å²) in [6, 6.07) is 29.6. The molecule has 0 bridgehead atoms. The number of esters is 1. The van der Waals surface area contributed by atoms with Crippen LogP contribution in [-0.2, 0) is 11.2 Å². The van der Waals surface area contributed by atoms with Crippen LogP contribution in [-0.4, -0.2) is 18.1 Å². The molecule has 0 heterocycles. The summed E-state index contributed by atoms with van der Waals surface area (Å²) in [5.74, 6) is -0.172. The molecule has 4 aromatic rings. The van der Waals surface area contributed by atoms with E-state index in [9.17, 15) is 9.59 Å². The lowest BCUT2D eigenvalue weighted by molar-refractivity contribution is -0.120. The number of amides is 1. The van der Waals surface area contributed by atoms with Crippen LogP contribution in [0.25, 0.3) is 10.8 Å². The Morgan fingerprint density at radius 1 is 0.806 bits per heavy atom. The van der Waals surface area contributed by atoms with E-state index in [1.807, 2.05) is 48.5 Å².